The highest BCUT2D eigenvalue weighted by atomic mass is 16.5. The van der Waals surface area contributed by atoms with Crippen molar-refractivity contribution in [2.45, 2.75) is 51.5 Å². The van der Waals surface area contributed by atoms with Crippen molar-refractivity contribution in [3.63, 3.8) is 0 Å². The van der Waals surface area contributed by atoms with E-state index in [9.17, 15) is 9.59 Å². The van der Waals surface area contributed by atoms with E-state index in [1.54, 1.807) is 23.1 Å². The van der Waals surface area contributed by atoms with E-state index >= 15 is 0 Å². The Balaban J connectivity index is 1.37. The standard InChI is InChI=1S/C19H24N4O3/c1-19(2,3)16-6-7-17(24)23(20-16)11-12-9-22(10-12)18(25)14-8-15(26-21-14)13-4-5-13/h6-8,12-13H,4-5,9-11H2,1-3H3. The van der Waals surface area contributed by atoms with Crippen molar-refractivity contribution in [2.24, 2.45) is 5.92 Å². The summed E-state index contributed by atoms with van der Waals surface area (Å²) in [6, 6.07) is 5.13. The van der Waals surface area contributed by atoms with Crippen LogP contribution in [0.4, 0.5) is 0 Å². The van der Waals surface area contributed by atoms with E-state index in [4.69, 9.17) is 4.52 Å². The first-order valence-electron chi connectivity index (χ1n) is 9.16. The molecule has 3 heterocycles. The summed E-state index contributed by atoms with van der Waals surface area (Å²) in [5, 5.41) is 8.40. The third-order valence-electron chi connectivity index (χ3n) is 5.04. The zero-order valence-electron chi connectivity index (χ0n) is 15.4. The van der Waals surface area contributed by atoms with Crippen LogP contribution < -0.4 is 5.56 Å². The topological polar surface area (TPSA) is 81.2 Å². The van der Waals surface area contributed by atoms with Gasteiger partial charge in [0.15, 0.2) is 5.69 Å². The van der Waals surface area contributed by atoms with E-state index < -0.39 is 0 Å². The van der Waals surface area contributed by atoms with Gasteiger partial charge in [-0.05, 0) is 18.9 Å². The molecule has 1 amide bonds. The van der Waals surface area contributed by atoms with Crippen LogP contribution in [0.5, 0.6) is 0 Å². The van der Waals surface area contributed by atoms with Crippen molar-refractivity contribution in [2.75, 3.05) is 13.1 Å². The number of aromatic nitrogens is 3. The minimum absolute atomic E-state index is 0.0966. The molecule has 0 N–H and O–H groups in total. The Morgan fingerprint density at radius 3 is 2.65 bits per heavy atom. The second-order valence-corrected chi connectivity index (χ2v) is 8.45. The smallest absolute Gasteiger partial charge is 0.276 e. The van der Waals surface area contributed by atoms with Crippen LogP contribution in [0.1, 0.15) is 61.5 Å². The third kappa shape index (κ3) is 3.30. The second kappa shape index (κ2) is 6.07. The molecule has 1 aliphatic carbocycles. The van der Waals surface area contributed by atoms with Gasteiger partial charge in [0.1, 0.15) is 5.76 Å². The molecule has 0 aromatic carbocycles. The maximum Gasteiger partial charge on any atom is 0.276 e. The molecule has 0 spiro atoms. The maximum absolute atomic E-state index is 12.5. The minimum Gasteiger partial charge on any atom is -0.360 e. The van der Waals surface area contributed by atoms with E-state index in [1.807, 2.05) is 0 Å². The van der Waals surface area contributed by atoms with Gasteiger partial charge < -0.3 is 9.42 Å². The predicted molar refractivity (Wildman–Crippen MR) is 95.1 cm³/mol. The molecule has 7 heteroatoms. The quantitative estimate of drug-likeness (QED) is 0.839. The highest BCUT2D eigenvalue weighted by molar-refractivity contribution is 5.92. The number of amides is 1. The Morgan fingerprint density at radius 2 is 2.00 bits per heavy atom. The van der Waals surface area contributed by atoms with Crippen molar-refractivity contribution in [1.29, 1.82) is 0 Å². The zero-order valence-corrected chi connectivity index (χ0v) is 15.4. The molecule has 138 valence electrons. The maximum atomic E-state index is 12.5. The molecule has 0 bridgehead atoms. The molecule has 0 radical (unpaired) electrons. The Morgan fingerprint density at radius 1 is 1.27 bits per heavy atom. The fraction of sp³-hybridized carbons (Fsp3) is 0.579. The molecule has 4 rings (SSSR count). The van der Waals surface area contributed by atoms with Gasteiger partial charge in [0.25, 0.3) is 11.5 Å². The number of hydrogen-bond acceptors (Lipinski definition) is 5. The first-order chi connectivity index (χ1) is 12.3. The van der Waals surface area contributed by atoms with Gasteiger partial charge in [0.2, 0.25) is 0 Å². The fourth-order valence-corrected chi connectivity index (χ4v) is 3.19. The Bertz CT molecular complexity index is 883. The summed E-state index contributed by atoms with van der Waals surface area (Å²) in [7, 11) is 0. The molecule has 0 atom stereocenters. The van der Waals surface area contributed by atoms with Crippen LogP contribution >= 0.6 is 0 Å². The number of rotatable bonds is 4. The van der Waals surface area contributed by atoms with E-state index in [0.717, 1.165) is 24.3 Å². The van der Waals surface area contributed by atoms with Crippen LogP contribution in [0, 0.1) is 5.92 Å². The molecule has 2 aliphatic rings. The second-order valence-electron chi connectivity index (χ2n) is 8.45. The highest BCUT2D eigenvalue weighted by Gasteiger charge is 2.35. The first-order valence-corrected chi connectivity index (χ1v) is 9.16. The summed E-state index contributed by atoms with van der Waals surface area (Å²) in [6.07, 6.45) is 2.23. The fourth-order valence-electron chi connectivity index (χ4n) is 3.19. The normalized spacial score (nSPS) is 18.0. The molecule has 1 aliphatic heterocycles. The van der Waals surface area contributed by atoms with Crippen LogP contribution in [0.3, 0.4) is 0 Å². The number of carbonyl (C=O) groups is 1. The van der Waals surface area contributed by atoms with Crippen LogP contribution in [0.15, 0.2) is 27.5 Å². The number of likely N-dealkylation sites (tertiary alicyclic amines) is 1. The van der Waals surface area contributed by atoms with Gasteiger partial charge in [-0.1, -0.05) is 25.9 Å². The van der Waals surface area contributed by atoms with Gasteiger partial charge in [-0.2, -0.15) is 5.10 Å². The van der Waals surface area contributed by atoms with E-state index in [1.165, 1.54) is 4.68 Å². The molecule has 2 fully saturated rings. The van der Waals surface area contributed by atoms with Crippen molar-refractivity contribution in [3.05, 3.63) is 45.7 Å². The van der Waals surface area contributed by atoms with Gasteiger partial charge in [0, 0.05) is 42.5 Å². The molecule has 2 aromatic rings. The Labute approximate surface area is 152 Å². The first kappa shape index (κ1) is 17.0. The monoisotopic (exact) mass is 356 g/mol. The average Bonchev–Trinajstić information content (AvgIpc) is 3.27. The molecule has 1 saturated carbocycles. The zero-order chi connectivity index (χ0) is 18.5. The highest BCUT2D eigenvalue weighted by Crippen LogP contribution is 2.40. The van der Waals surface area contributed by atoms with Crippen LogP contribution in [-0.4, -0.2) is 38.8 Å². The summed E-state index contributed by atoms with van der Waals surface area (Å²) in [4.78, 5) is 26.3. The number of carbonyl (C=O) groups excluding carboxylic acids is 1. The molecule has 7 nitrogen and oxygen atoms in total. The lowest BCUT2D eigenvalue weighted by Crippen LogP contribution is -2.52. The van der Waals surface area contributed by atoms with Crippen LogP contribution in [0.25, 0.3) is 0 Å². The lowest BCUT2D eigenvalue weighted by molar-refractivity contribution is 0.0447. The van der Waals surface area contributed by atoms with Crippen molar-refractivity contribution in [1.82, 2.24) is 19.8 Å². The minimum atomic E-state index is -0.108. The number of hydrogen-bond donors (Lipinski definition) is 0. The van der Waals surface area contributed by atoms with Gasteiger partial charge in [-0.25, -0.2) is 4.68 Å². The largest absolute Gasteiger partial charge is 0.360 e. The summed E-state index contributed by atoms with van der Waals surface area (Å²) in [5.74, 6) is 1.40. The van der Waals surface area contributed by atoms with Crippen molar-refractivity contribution >= 4 is 5.91 Å². The summed E-state index contributed by atoms with van der Waals surface area (Å²) in [6.45, 7) is 7.96. The molecule has 2 aromatic heterocycles. The molecular weight excluding hydrogens is 332 g/mol. The predicted octanol–water partition coefficient (Wildman–Crippen LogP) is 2.18. The summed E-state index contributed by atoms with van der Waals surface area (Å²) in [5.41, 5.74) is 1.06. The van der Waals surface area contributed by atoms with Gasteiger partial charge in [-0.3, -0.25) is 9.59 Å². The average molecular weight is 356 g/mol. The van der Waals surface area contributed by atoms with Crippen molar-refractivity contribution < 1.29 is 9.32 Å². The molecule has 0 unspecified atom stereocenters. The Kier molecular flexibility index (Phi) is 3.97. The molecular formula is C19H24N4O3. The number of nitrogens with zero attached hydrogens (tertiary/aromatic N) is 4. The SMILES string of the molecule is CC(C)(C)c1ccc(=O)n(CC2CN(C(=O)c3cc(C4CC4)on3)C2)n1. The van der Waals surface area contributed by atoms with Crippen LogP contribution in [0.2, 0.25) is 0 Å². The van der Waals surface area contributed by atoms with Crippen LogP contribution in [-0.2, 0) is 12.0 Å². The van der Waals surface area contributed by atoms with E-state index in [-0.39, 0.29) is 22.8 Å². The van der Waals surface area contributed by atoms with Crippen molar-refractivity contribution in [3.8, 4) is 0 Å². The molecule has 26 heavy (non-hydrogen) atoms. The van der Waals surface area contributed by atoms with E-state index in [2.05, 4.69) is 31.0 Å². The lowest BCUT2D eigenvalue weighted by atomic mass is 9.92. The van der Waals surface area contributed by atoms with Gasteiger partial charge in [0.05, 0.1) is 12.2 Å². The third-order valence-corrected chi connectivity index (χ3v) is 5.04. The lowest BCUT2D eigenvalue weighted by Gasteiger charge is -2.38. The summed E-state index contributed by atoms with van der Waals surface area (Å²) < 4.78 is 6.78. The van der Waals surface area contributed by atoms with E-state index in [0.29, 0.717) is 31.2 Å². The van der Waals surface area contributed by atoms with Gasteiger partial charge >= 0.3 is 0 Å². The molecule has 1 saturated heterocycles. The summed E-state index contributed by atoms with van der Waals surface area (Å²) >= 11 is 0. The Hall–Kier alpha value is -2.44. The van der Waals surface area contributed by atoms with Gasteiger partial charge in [-0.15, -0.1) is 0 Å².